The van der Waals surface area contributed by atoms with Gasteiger partial charge in [0.25, 0.3) is 0 Å². The van der Waals surface area contributed by atoms with E-state index in [0.717, 1.165) is 0 Å². The van der Waals surface area contributed by atoms with E-state index in [4.69, 9.17) is 11.6 Å². The normalized spacial score (nSPS) is 9.73. The zero-order chi connectivity index (χ0) is 9.97. The molecule has 80 valence electrons. The van der Waals surface area contributed by atoms with E-state index in [9.17, 15) is 4.39 Å². The number of hydrogen-bond donors (Lipinski definition) is 1. The number of benzene rings is 1. The maximum absolute atomic E-state index is 13.3. The Bertz CT molecular complexity index is 444. The summed E-state index contributed by atoms with van der Waals surface area (Å²) in [5.41, 5.74) is 0.375. The summed E-state index contributed by atoms with van der Waals surface area (Å²) in [6.45, 7) is 0. The van der Waals surface area contributed by atoms with Gasteiger partial charge in [-0.25, -0.2) is 9.37 Å². The van der Waals surface area contributed by atoms with Crippen molar-refractivity contribution in [1.82, 2.24) is 15.2 Å². The van der Waals surface area contributed by atoms with Crippen LogP contribution in [0.2, 0.25) is 0 Å². The summed E-state index contributed by atoms with van der Waals surface area (Å²) in [6.07, 6.45) is 0. The lowest BCUT2D eigenvalue weighted by Crippen LogP contribution is -1.85. The number of H-pyrrole nitrogens is 1. The number of aromatic nitrogens is 3. The largest absolute Gasteiger partial charge is 0.262 e. The monoisotopic (exact) mass is 247 g/mol. The first-order valence-electron chi connectivity index (χ1n) is 4.03. The second-order valence-electron chi connectivity index (χ2n) is 2.72. The van der Waals surface area contributed by atoms with Gasteiger partial charge in [0, 0.05) is 0 Å². The lowest BCUT2D eigenvalue weighted by atomic mass is 10.2. The molecule has 1 heterocycles. The van der Waals surface area contributed by atoms with Crippen molar-refractivity contribution in [3.8, 4) is 11.4 Å². The van der Waals surface area contributed by atoms with Crippen LogP contribution >= 0.6 is 24.0 Å². The number of rotatable bonds is 2. The van der Waals surface area contributed by atoms with Gasteiger partial charge in [0.1, 0.15) is 11.6 Å². The van der Waals surface area contributed by atoms with Gasteiger partial charge >= 0.3 is 0 Å². The number of hydrogen-bond acceptors (Lipinski definition) is 2. The SMILES string of the molecule is Cl.Fc1ccccc1-c1n[nH]c(CCl)n1. The summed E-state index contributed by atoms with van der Waals surface area (Å²) in [5, 5.41) is 6.48. The average molecular weight is 248 g/mol. The third-order valence-electron chi connectivity index (χ3n) is 1.77. The molecule has 0 fully saturated rings. The molecule has 0 aliphatic carbocycles. The molecular formula is C9H8Cl2FN3. The molecular weight excluding hydrogens is 240 g/mol. The molecule has 0 spiro atoms. The summed E-state index contributed by atoms with van der Waals surface area (Å²) >= 11 is 5.54. The molecule has 0 amide bonds. The second-order valence-corrected chi connectivity index (χ2v) is 2.99. The van der Waals surface area contributed by atoms with Gasteiger partial charge in [-0.2, -0.15) is 5.10 Å². The first kappa shape index (κ1) is 11.9. The standard InChI is InChI=1S/C9H7ClFN3.ClH/c10-5-8-12-9(14-13-8)6-3-1-2-4-7(6)11;/h1-4H,5H2,(H,12,13,14);1H. The molecule has 15 heavy (non-hydrogen) atoms. The fraction of sp³-hybridized carbons (Fsp3) is 0.111. The van der Waals surface area contributed by atoms with Crippen LogP contribution in [0.4, 0.5) is 4.39 Å². The highest BCUT2D eigenvalue weighted by molar-refractivity contribution is 6.16. The first-order chi connectivity index (χ1) is 6.81. The minimum Gasteiger partial charge on any atom is -0.262 e. The quantitative estimate of drug-likeness (QED) is 0.830. The van der Waals surface area contributed by atoms with Gasteiger partial charge in [-0.1, -0.05) is 12.1 Å². The van der Waals surface area contributed by atoms with Gasteiger partial charge in [0.2, 0.25) is 0 Å². The first-order valence-corrected chi connectivity index (χ1v) is 4.57. The van der Waals surface area contributed by atoms with E-state index in [1.54, 1.807) is 18.2 Å². The van der Waals surface area contributed by atoms with Crippen LogP contribution in [0, 0.1) is 5.82 Å². The highest BCUT2D eigenvalue weighted by atomic mass is 35.5. The third kappa shape index (κ3) is 2.46. The summed E-state index contributed by atoms with van der Waals surface area (Å²) in [5.74, 6) is 0.762. The van der Waals surface area contributed by atoms with E-state index in [-0.39, 0.29) is 24.1 Å². The molecule has 0 aliphatic heterocycles. The van der Waals surface area contributed by atoms with Crippen LogP contribution in [0.1, 0.15) is 5.82 Å². The van der Waals surface area contributed by atoms with Crippen molar-refractivity contribution in [2.24, 2.45) is 0 Å². The van der Waals surface area contributed by atoms with Crippen LogP contribution < -0.4 is 0 Å². The summed E-state index contributed by atoms with van der Waals surface area (Å²) < 4.78 is 13.3. The van der Waals surface area contributed by atoms with Crippen molar-refractivity contribution in [3.05, 3.63) is 35.9 Å². The summed E-state index contributed by atoms with van der Waals surface area (Å²) in [6, 6.07) is 6.34. The zero-order valence-corrected chi connectivity index (χ0v) is 9.15. The third-order valence-corrected chi connectivity index (χ3v) is 2.03. The molecule has 1 aromatic heterocycles. The lowest BCUT2D eigenvalue weighted by Gasteiger charge is -1.95. The zero-order valence-electron chi connectivity index (χ0n) is 7.58. The molecule has 0 aliphatic rings. The molecule has 0 unspecified atom stereocenters. The van der Waals surface area contributed by atoms with Crippen molar-refractivity contribution >= 4 is 24.0 Å². The predicted octanol–water partition coefficient (Wildman–Crippen LogP) is 2.77. The Morgan fingerprint density at radius 2 is 2.07 bits per heavy atom. The van der Waals surface area contributed by atoms with Crippen molar-refractivity contribution in [2.75, 3.05) is 0 Å². The Kier molecular flexibility index (Phi) is 4.05. The molecule has 0 saturated carbocycles. The van der Waals surface area contributed by atoms with Crippen molar-refractivity contribution < 1.29 is 4.39 Å². The maximum Gasteiger partial charge on any atom is 0.184 e. The summed E-state index contributed by atoms with van der Waals surface area (Å²) in [4.78, 5) is 4.02. The summed E-state index contributed by atoms with van der Waals surface area (Å²) in [7, 11) is 0. The Balaban J connectivity index is 0.00000112. The van der Waals surface area contributed by atoms with E-state index >= 15 is 0 Å². The van der Waals surface area contributed by atoms with Crippen molar-refractivity contribution in [1.29, 1.82) is 0 Å². The van der Waals surface area contributed by atoms with Gasteiger partial charge in [-0.05, 0) is 12.1 Å². The van der Waals surface area contributed by atoms with Gasteiger partial charge < -0.3 is 0 Å². The molecule has 6 heteroatoms. The van der Waals surface area contributed by atoms with Gasteiger partial charge in [-0.15, -0.1) is 24.0 Å². The van der Waals surface area contributed by atoms with Gasteiger partial charge in [-0.3, -0.25) is 5.10 Å². The Morgan fingerprint density at radius 3 is 2.67 bits per heavy atom. The highest BCUT2D eigenvalue weighted by Gasteiger charge is 2.08. The Morgan fingerprint density at radius 1 is 1.33 bits per heavy atom. The Labute approximate surface area is 97.1 Å². The number of nitrogens with zero attached hydrogens (tertiary/aromatic N) is 2. The minimum atomic E-state index is -0.340. The molecule has 2 rings (SSSR count). The number of nitrogens with one attached hydrogen (secondary N) is 1. The van der Waals surface area contributed by atoms with Crippen LogP contribution in [0.15, 0.2) is 24.3 Å². The van der Waals surface area contributed by atoms with E-state index in [1.807, 2.05) is 0 Å². The van der Waals surface area contributed by atoms with Crippen LogP contribution in [-0.4, -0.2) is 15.2 Å². The number of halogens is 3. The fourth-order valence-electron chi connectivity index (χ4n) is 1.12. The van der Waals surface area contributed by atoms with Crippen molar-refractivity contribution in [3.63, 3.8) is 0 Å². The average Bonchev–Trinajstić information content (AvgIpc) is 2.67. The van der Waals surface area contributed by atoms with Crippen LogP contribution in [-0.2, 0) is 5.88 Å². The molecule has 0 atom stereocenters. The van der Waals surface area contributed by atoms with Gasteiger partial charge in [0.05, 0.1) is 11.4 Å². The van der Waals surface area contributed by atoms with E-state index in [2.05, 4.69) is 15.2 Å². The van der Waals surface area contributed by atoms with E-state index in [0.29, 0.717) is 17.2 Å². The van der Waals surface area contributed by atoms with Crippen LogP contribution in [0.25, 0.3) is 11.4 Å². The number of aromatic amines is 1. The molecule has 0 bridgehead atoms. The fourth-order valence-corrected chi connectivity index (χ4v) is 1.24. The lowest BCUT2D eigenvalue weighted by molar-refractivity contribution is 0.630. The second kappa shape index (κ2) is 5.09. The minimum absolute atomic E-state index is 0. The molecule has 0 radical (unpaired) electrons. The molecule has 1 N–H and O–H groups in total. The molecule has 2 aromatic rings. The van der Waals surface area contributed by atoms with Crippen molar-refractivity contribution in [2.45, 2.75) is 5.88 Å². The van der Waals surface area contributed by atoms with Crippen LogP contribution in [0.5, 0.6) is 0 Å². The topological polar surface area (TPSA) is 41.6 Å². The maximum atomic E-state index is 13.3. The predicted molar refractivity (Wildman–Crippen MR) is 58.6 cm³/mol. The molecule has 1 aromatic carbocycles. The number of alkyl halides is 1. The van der Waals surface area contributed by atoms with E-state index in [1.165, 1.54) is 6.07 Å². The smallest absolute Gasteiger partial charge is 0.184 e. The molecule has 3 nitrogen and oxygen atoms in total. The highest BCUT2D eigenvalue weighted by Crippen LogP contribution is 2.18. The van der Waals surface area contributed by atoms with E-state index < -0.39 is 0 Å². The van der Waals surface area contributed by atoms with Crippen LogP contribution in [0.3, 0.4) is 0 Å². The Hall–Kier alpha value is -1.13. The van der Waals surface area contributed by atoms with Gasteiger partial charge in [0.15, 0.2) is 5.82 Å². The molecule has 0 saturated heterocycles.